The number of rotatable bonds is 8. The van der Waals surface area contributed by atoms with Crippen LogP contribution < -0.4 is 4.74 Å². The van der Waals surface area contributed by atoms with Crippen LogP contribution in [0.2, 0.25) is 15.1 Å². The predicted octanol–water partition coefficient (Wildman–Crippen LogP) is 8.74. The number of methoxy groups -OCH3 is 1. The fourth-order valence-electron chi connectivity index (χ4n) is 5.09. The fraction of sp³-hybridized carbons (Fsp3) is 0.258. The minimum Gasteiger partial charge on any atom is -0.489 e. The molecule has 204 valence electrons. The molecule has 9 heteroatoms. The first-order valence-electron chi connectivity index (χ1n) is 12.6. The maximum absolute atomic E-state index is 12.0. The summed E-state index contributed by atoms with van der Waals surface area (Å²) in [5, 5.41) is 15.8. The first kappa shape index (κ1) is 28.0. The second-order valence-electron chi connectivity index (χ2n) is 10.0. The summed E-state index contributed by atoms with van der Waals surface area (Å²) >= 11 is 19.6. The molecule has 1 saturated carbocycles. The molecule has 3 aromatic carbocycles. The van der Waals surface area contributed by atoms with Gasteiger partial charge in [-0.3, -0.25) is 0 Å². The molecule has 0 aliphatic heterocycles. The summed E-state index contributed by atoms with van der Waals surface area (Å²) in [4.78, 5) is 12.0. The molecule has 0 radical (unpaired) electrons. The molecular weight excluding hydrogens is 571 g/mol. The van der Waals surface area contributed by atoms with Crippen LogP contribution in [0.3, 0.4) is 0 Å². The van der Waals surface area contributed by atoms with Crippen LogP contribution in [-0.2, 0) is 16.8 Å². The van der Waals surface area contributed by atoms with E-state index >= 15 is 0 Å². The van der Waals surface area contributed by atoms with E-state index in [2.05, 4.69) is 11.2 Å². The van der Waals surface area contributed by atoms with Crippen LogP contribution in [0.25, 0.3) is 11.3 Å². The van der Waals surface area contributed by atoms with E-state index in [1.54, 1.807) is 48.5 Å². The number of carbonyl (C=O) groups excluding carboxylic acids is 1. The second kappa shape index (κ2) is 11.2. The van der Waals surface area contributed by atoms with Gasteiger partial charge in [0.1, 0.15) is 23.8 Å². The number of aromatic nitrogens is 1. The molecule has 40 heavy (non-hydrogen) atoms. The van der Waals surface area contributed by atoms with E-state index in [9.17, 15) is 10.1 Å². The molecule has 1 aliphatic carbocycles. The lowest BCUT2D eigenvalue weighted by Crippen LogP contribution is -2.09. The van der Waals surface area contributed by atoms with Gasteiger partial charge in [0.15, 0.2) is 0 Å². The standard InChI is InChI=1S/C31H25Cl3N2O4/c1-17(2)29-21(28(36-40-29)27-24(32)8-5-9-25(27)33)15-39-20-10-11-22(26(34)13-20)31(16-35)14-23(31)18-6-4-7-19(12-18)30(37)38-3/h4-13,17,23H,14-15H2,1-3H3. The summed E-state index contributed by atoms with van der Waals surface area (Å²) in [5.74, 6) is 0.732. The van der Waals surface area contributed by atoms with E-state index in [-0.39, 0.29) is 18.4 Å². The van der Waals surface area contributed by atoms with E-state index in [0.717, 1.165) is 11.1 Å². The van der Waals surface area contributed by atoms with Crippen molar-refractivity contribution in [2.24, 2.45) is 0 Å². The SMILES string of the molecule is COC(=O)c1cccc(C2CC2(C#N)c2ccc(OCc3c(-c4c(Cl)cccc4Cl)noc3C(C)C)cc2Cl)c1. The van der Waals surface area contributed by atoms with Gasteiger partial charge in [-0.25, -0.2) is 4.79 Å². The number of halogens is 3. The van der Waals surface area contributed by atoms with E-state index in [4.69, 9.17) is 48.8 Å². The van der Waals surface area contributed by atoms with E-state index in [0.29, 0.717) is 55.4 Å². The quantitative estimate of drug-likeness (QED) is 0.189. The molecule has 0 spiro atoms. The monoisotopic (exact) mass is 594 g/mol. The van der Waals surface area contributed by atoms with Crippen molar-refractivity contribution in [2.45, 2.75) is 44.1 Å². The Labute approximate surface area is 247 Å². The highest BCUT2D eigenvalue weighted by Gasteiger charge is 2.57. The third kappa shape index (κ3) is 5.06. The molecular formula is C31H25Cl3N2O4. The van der Waals surface area contributed by atoms with Crippen molar-refractivity contribution in [1.82, 2.24) is 5.16 Å². The lowest BCUT2D eigenvalue weighted by atomic mass is 9.91. The Morgan fingerprint density at radius 1 is 1.10 bits per heavy atom. The van der Waals surface area contributed by atoms with Gasteiger partial charge in [-0.15, -0.1) is 0 Å². The maximum atomic E-state index is 12.0. The van der Waals surface area contributed by atoms with Crippen molar-refractivity contribution < 1.29 is 18.8 Å². The van der Waals surface area contributed by atoms with Crippen molar-refractivity contribution in [1.29, 1.82) is 5.26 Å². The average molecular weight is 596 g/mol. The Bertz CT molecular complexity index is 1620. The van der Waals surface area contributed by atoms with Crippen LogP contribution in [0.5, 0.6) is 5.75 Å². The van der Waals surface area contributed by atoms with E-state index < -0.39 is 11.4 Å². The van der Waals surface area contributed by atoms with Crippen molar-refractivity contribution in [3.63, 3.8) is 0 Å². The van der Waals surface area contributed by atoms with Gasteiger partial charge in [0.2, 0.25) is 0 Å². The smallest absolute Gasteiger partial charge is 0.337 e. The van der Waals surface area contributed by atoms with Crippen LogP contribution in [0, 0.1) is 11.3 Å². The van der Waals surface area contributed by atoms with Crippen molar-refractivity contribution >= 4 is 40.8 Å². The fourth-order valence-corrected chi connectivity index (χ4v) is 6.00. The zero-order valence-corrected chi connectivity index (χ0v) is 24.3. The highest BCUT2D eigenvalue weighted by molar-refractivity contribution is 6.39. The number of nitriles is 1. The molecule has 0 saturated heterocycles. The van der Waals surface area contributed by atoms with Gasteiger partial charge in [0, 0.05) is 22.4 Å². The van der Waals surface area contributed by atoms with Gasteiger partial charge < -0.3 is 14.0 Å². The molecule has 1 aromatic heterocycles. The van der Waals surface area contributed by atoms with Crippen molar-refractivity contribution in [3.05, 3.63) is 104 Å². The Kier molecular flexibility index (Phi) is 7.83. The summed E-state index contributed by atoms with van der Waals surface area (Å²) in [7, 11) is 1.34. The minimum absolute atomic E-state index is 0.0482. The van der Waals surface area contributed by atoms with E-state index in [1.807, 2.05) is 26.0 Å². The molecule has 1 heterocycles. The molecule has 0 N–H and O–H groups in total. The van der Waals surface area contributed by atoms with Gasteiger partial charge in [0.05, 0.1) is 39.8 Å². The lowest BCUT2D eigenvalue weighted by molar-refractivity contribution is 0.0600. The molecule has 4 aromatic rings. The molecule has 0 amide bonds. The van der Waals surface area contributed by atoms with Crippen LogP contribution >= 0.6 is 34.8 Å². The van der Waals surface area contributed by atoms with Crippen molar-refractivity contribution in [2.75, 3.05) is 7.11 Å². The van der Waals surface area contributed by atoms with Crippen LogP contribution in [0.4, 0.5) is 0 Å². The number of hydrogen-bond acceptors (Lipinski definition) is 6. The van der Waals surface area contributed by atoms with Gasteiger partial charge in [0.25, 0.3) is 0 Å². The predicted molar refractivity (Wildman–Crippen MR) is 154 cm³/mol. The zero-order chi connectivity index (χ0) is 28.6. The van der Waals surface area contributed by atoms with Gasteiger partial charge in [-0.1, -0.05) is 78.1 Å². The second-order valence-corrected chi connectivity index (χ2v) is 11.2. The third-order valence-corrected chi connectivity index (χ3v) is 8.16. The van der Waals surface area contributed by atoms with Crippen LogP contribution in [0.1, 0.15) is 64.9 Å². The molecule has 2 unspecified atom stereocenters. The highest BCUT2D eigenvalue weighted by Crippen LogP contribution is 2.61. The Balaban J connectivity index is 1.40. The molecule has 1 fully saturated rings. The van der Waals surface area contributed by atoms with Crippen molar-refractivity contribution in [3.8, 4) is 23.1 Å². The summed E-state index contributed by atoms with van der Waals surface area (Å²) in [5.41, 5.74) is 3.11. The minimum atomic E-state index is -0.794. The van der Waals surface area contributed by atoms with E-state index in [1.165, 1.54) is 7.11 Å². The first-order valence-corrected chi connectivity index (χ1v) is 13.8. The third-order valence-electron chi connectivity index (χ3n) is 7.22. The van der Waals surface area contributed by atoms with Gasteiger partial charge in [-0.05, 0) is 53.9 Å². The maximum Gasteiger partial charge on any atom is 0.337 e. The Morgan fingerprint density at radius 3 is 2.48 bits per heavy atom. The van der Waals surface area contributed by atoms with Crippen LogP contribution in [-0.4, -0.2) is 18.2 Å². The number of benzene rings is 3. The van der Waals surface area contributed by atoms with Crippen LogP contribution in [0.15, 0.2) is 65.2 Å². The number of hydrogen-bond donors (Lipinski definition) is 0. The Morgan fingerprint density at radius 2 is 1.82 bits per heavy atom. The highest BCUT2D eigenvalue weighted by atomic mass is 35.5. The summed E-state index contributed by atoms with van der Waals surface area (Å²) in [6, 6.07) is 20.2. The summed E-state index contributed by atoms with van der Waals surface area (Å²) in [6.45, 7) is 4.15. The first-order chi connectivity index (χ1) is 19.2. The topological polar surface area (TPSA) is 85.4 Å². The van der Waals surface area contributed by atoms with Gasteiger partial charge in [-0.2, -0.15) is 5.26 Å². The molecule has 5 rings (SSSR count). The molecule has 1 aliphatic rings. The molecule has 2 atom stereocenters. The summed E-state index contributed by atoms with van der Waals surface area (Å²) in [6.07, 6.45) is 0.592. The normalized spacial score (nSPS) is 17.9. The van der Waals surface area contributed by atoms with Gasteiger partial charge >= 0.3 is 5.97 Å². The number of ether oxygens (including phenoxy) is 2. The Hall–Kier alpha value is -3.50. The largest absolute Gasteiger partial charge is 0.489 e. The zero-order valence-electron chi connectivity index (χ0n) is 22.0. The average Bonchev–Trinajstić information content (AvgIpc) is 3.55. The molecule has 6 nitrogen and oxygen atoms in total. The lowest BCUT2D eigenvalue weighted by Gasteiger charge is -2.15. The molecule has 0 bridgehead atoms. The summed E-state index contributed by atoms with van der Waals surface area (Å²) < 4.78 is 16.7. The number of esters is 1. The number of carbonyl (C=O) groups is 1. The number of nitrogens with zero attached hydrogens (tertiary/aromatic N) is 2.